The summed E-state index contributed by atoms with van der Waals surface area (Å²) < 4.78 is 0. The van der Waals surface area contributed by atoms with E-state index in [4.69, 9.17) is 11.6 Å². The van der Waals surface area contributed by atoms with Gasteiger partial charge >= 0.3 is 0 Å². The van der Waals surface area contributed by atoms with Gasteiger partial charge in [-0.1, -0.05) is 27.7 Å². The minimum Gasteiger partial charge on any atom is -0.356 e. The van der Waals surface area contributed by atoms with Gasteiger partial charge in [-0.3, -0.25) is 0 Å². The summed E-state index contributed by atoms with van der Waals surface area (Å²) in [6, 6.07) is 2.09. The maximum Gasteiger partial charge on any atom is 0.224 e. The summed E-state index contributed by atoms with van der Waals surface area (Å²) >= 11 is 6.06. The number of hydrogen-bond donors (Lipinski definition) is 0. The van der Waals surface area contributed by atoms with Gasteiger partial charge in [-0.05, 0) is 30.4 Å². The van der Waals surface area contributed by atoms with Crippen molar-refractivity contribution in [2.75, 3.05) is 18.0 Å². The molecule has 0 N–H and O–H groups in total. The maximum atomic E-state index is 6.06. The Hall–Kier alpha value is -0.830. The largest absolute Gasteiger partial charge is 0.356 e. The number of rotatable bonds is 1. The molecule has 2 heterocycles. The fourth-order valence-corrected chi connectivity index (χ4v) is 2.37. The molecule has 0 radical (unpaired) electrons. The highest BCUT2D eigenvalue weighted by Crippen LogP contribution is 2.27. The summed E-state index contributed by atoms with van der Waals surface area (Å²) in [5, 5.41) is 0.357. The van der Waals surface area contributed by atoms with Crippen LogP contribution in [0.2, 0.25) is 5.28 Å². The molecule has 0 atom stereocenters. The lowest BCUT2D eigenvalue weighted by molar-refractivity contribution is 0.436. The number of nitrogens with zero attached hydrogens (tertiary/aromatic N) is 3. The number of halogens is 1. The van der Waals surface area contributed by atoms with E-state index in [-0.39, 0.29) is 5.41 Å². The molecule has 2 rings (SSSR count). The predicted molar refractivity (Wildman–Crippen MR) is 76.4 cm³/mol. The summed E-state index contributed by atoms with van der Waals surface area (Å²) in [5.41, 5.74) is 1.01. The van der Waals surface area contributed by atoms with Gasteiger partial charge in [0.25, 0.3) is 0 Å². The molecule has 0 saturated carbocycles. The molecule has 0 aliphatic carbocycles. The molecule has 4 heteroatoms. The third-order valence-corrected chi connectivity index (χ3v) is 3.73. The van der Waals surface area contributed by atoms with E-state index in [0.29, 0.717) is 5.28 Å². The van der Waals surface area contributed by atoms with Crippen LogP contribution in [0.3, 0.4) is 0 Å². The zero-order chi connectivity index (χ0) is 13.3. The van der Waals surface area contributed by atoms with E-state index >= 15 is 0 Å². The van der Waals surface area contributed by atoms with E-state index in [2.05, 4.69) is 48.6 Å². The van der Waals surface area contributed by atoms with Crippen LogP contribution in [0, 0.1) is 5.92 Å². The van der Waals surface area contributed by atoms with E-state index in [1.54, 1.807) is 0 Å². The lowest BCUT2D eigenvalue weighted by Gasteiger charge is -2.32. The highest BCUT2D eigenvalue weighted by atomic mass is 35.5. The van der Waals surface area contributed by atoms with Gasteiger partial charge < -0.3 is 4.90 Å². The second-order valence-electron chi connectivity index (χ2n) is 6.30. The minimum atomic E-state index is 0.00437. The third kappa shape index (κ3) is 3.14. The van der Waals surface area contributed by atoms with Crippen LogP contribution in [-0.2, 0) is 5.41 Å². The topological polar surface area (TPSA) is 29.0 Å². The van der Waals surface area contributed by atoms with Crippen molar-refractivity contribution in [1.82, 2.24) is 9.97 Å². The Morgan fingerprint density at radius 1 is 1.22 bits per heavy atom. The average Bonchev–Trinajstić information content (AvgIpc) is 2.28. The van der Waals surface area contributed by atoms with Gasteiger partial charge in [0.05, 0.1) is 5.69 Å². The van der Waals surface area contributed by atoms with Crippen LogP contribution in [0.4, 0.5) is 5.82 Å². The highest BCUT2D eigenvalue weighted by molar-refractivity contribution is 6.28. The molecule has 0 amide bonds. The van der Waals surface area contributed by atoms with Crippen LogP contribution in [0.15, 0.2) is 6.07 Å². The zero-order valence-corrected chi connectivity index (χ0v) is 12.5. The number of piperidine rings is 1. The second kappa shape index (κ2) is 5.04. The SMILES string of the molecule is CC1CCN(c2cc(C(C)(C)C)nc(Cl)n2)CC1. The van der Waals surface area contributed by atoms with Gasteiger partial charge in [0, 0.05) is 24.6 Å². The molecule has 3 nitrogen and oxygen atoms in total. The molecule has 0 bridgehead atoms. The molecule has 0 aromatic carbocycles. The fourth-order valence-electron chi connectivity index (χ4n) is 2.19. The predicted octanol–water partition coefficient (Wildman–Crippen LogP) is 3.66. The summed E-state index contributed by atoms with van der Waals surface area (Å²) in [7, 11) is 0. The molecule has 1 aromatic rings. The minimum absolute atomic E-state index is 0.00437. The zero-order valence-electron chi connectivity index (χ0n) is 11.7. The van der Waals surface area contributed by atoms with Crippen LogP contribution >= 0.6 is 11.6 Å². The summed E-state index contributed by atoms with van der Waals surface area (Å²) in [5.74, 6) is 1.80. The molecule has 1 fully saturated rings. The molecule has 1 saturated heterocycles. The van der Waals surface area contributed by atoms with E-state index in [1.807, 2.05) is 0 Å². The van der Waals surface area contributed by atoms with Crippen molar-refractivity contribution in [3.63, 3.8) is 0 Å². The summed E-state index contributed by atoms with van der Waals surface area (Å²) in [4.78, 5) is 11.0. The molecule has 18 heavy (non-hydrogen) atoms. The molecule has 0 spiro atoms. The van der Waals surface area contributed by atoms with E-state index in [9.17, 15) is 0 Å². The quantitative estimate of drug-likeness (QED) is 0.727. The lowest BCUT2D eigenvalue weighted by Crippen LogP contribution is -2.33. The smallest absolute Gasteiger partial charge is 0.224 e. The Kier molecular flexibility index (Phi) is 3.81. The Morgan fingerprint density at radius 2 is 1.83 bits per heavy atom. The number of anilines is 1. The Morgan fingerprint density at radius 3 is 2.39 bits per heavy atom. The Labute approximate surface area is 115 Å². The number of hydrogen-bond acceptors (Lipinski definition) is 3. The van der Waals surface area contributed by atoms with Gasteiger partial charge in [-0.15, -0.1) is 0 Å². The normalized spacial score (nSPS) is 18.2. The first-order valence-corrected chi connectivity index (χ1v) is 7.04. The summed E-state index contributed by atoms with van der Waals surface area (Å²) in [6.07, 6.45) is 2.46. The Balaban J connectivity index is 2.25. The fraction of sp³-hybridized carbons (Fsp3) is 0.714. The molecule has 1 aliphatic rings. The van der Waals surface area contributed by atoms with Gasteiger partial charge in [0.2, 0.25) is 5.28 Å². The van der Waals surface area contributed by atoms with Crippen LogP contribution in [0.5, 0.6) is 0 Å². The molecule has 1 aliphatic heterocycles. The highest BCUT2D eigenvalue weighted by Gasteiger charge is 2.22. The van der Waals surface area contributed by atoms with Crippen molar-refractivity contribution in [3.8, 4) is 0 Å². The van der Waals surface area contributed by atoms with Crippen molar-refractivity contribution in [3.05, 3.63) is 17.0 Å². The van der Waals surface area contributed by atoms with Crippen molar-refractivity contribution in [1.29, 1.82) is 0 Å². The second-order valence-corrected chi connectivity index (χ2v) is 6.64. The van der Waals surface area contributed by atoms with Gasteiger partial charge in [-0.2, -0.15) is 0 Å². The summed E-state index contributed by atoms with van der Waals surface area (Å²) in [6.45, 7) is 10.9. The van der Waals surface area contributed by atoms with Crippen LogP contribution in [0.1, 0.15) is 46.2 Å². The van der Waals surface area contributed by atoms with E-state index in [1.165, 1.54) is 12.8 Å². The van der Waals surface area contributed by atoms with Crippen molar-refractivity contribution >= 4 is 17.4 Å². The molecule has 1 aromatic heterocycles. The van der Waals surface area contributed by atoms with Gasteiger partial charge in [-0.25, -0.2) is 9.97 Å². The van der Waals surface area contributed by atoms with Crippen LogP contribution in [-0.4, -0.2) is 23.1 Å². The van der Waals surface area contributed by atoms with Crippen LogP contribution < -0.4 is 4.90 Å². The molecule has 0 unspecified atom stereocenters. The Bertz CT molecular complexity index is 418. The van der Waals surface area contributed by atoms with E-state index < -0.39 is 0 Å². The third-order valence-electron chi connectivity index (χ3n) is 3.56. The monoisotopic (exact) mass is 267 g/mol. The van der Waals surface area contributed by atoms with E-state index in [0.717, 1.165) is 30.5 Å². The first-order valence-electron chi connectivity index (χ1n) is 6.66. The molecular weight excluding hydrogens is 246 g/mol. The van der Waals surface area contributed by atoms with Gasteiger partial charge in [0.15, 0.2) is 0 Å². The molecule has 100 valence electrons. The first kappa shape index (κ1) is 13.6. The van der Waals surface area contributed by atoms with Crippen LogP contribution in [0.25, 0.3) is 0 Å². The average molecular weight is 268 g/mol. The standard InChI is InChI=1S/C14H22ClN3/c1-10-5-7-18(8-6-10)12-9-11(14(2,3)4)16-13(15)17-12/h9-10H,5-8H2,1-4H3. The van der Waals surface area contributed by atoms with Gasteiger partial charge in [0.1, 0.15) is 5.82 Å². The first-order chi connectivity index (χ1) is 8.36. The van der Waals surface area contributed by atoms with Crippen molar-refractivity contribution < 1.29 is 0 Å². The molecular formula is C14H22ClN3. The van der Waals surface area contributed by atoms with Crippen molar-refractivity contribution in [2.24, 2.45) is 5.92 Å². The lowest BCUT2D eigenvalue weighted by atomic mass is 9.92. The van der Waals surface area contributed by atoms with Crippen molar-refractivity contribution in [2.45, 2.75) is 46.0 Å². The number of aromatic nitrogens is 2. The maximum absolute atomic E-state index is 6.06.